The molecule has 33 heavy (non-hydrogen) atoms. The van der Waals surface area contributed by atoms with E-state index in [1.54, 1.807) is 43.5 Å². The van der Waals surface area contributed by atoms with Gasteiger partial charge in [0.1, 0.15) is 0 Å². The second kappa shape index (κ2) is 10.6. The molecule has 176 valence electrons. The quantitative estimate of drug-likeness (QED) is 0.192. The number of aryl methyl sites for hydroxylation is 1. The highest BCUT2D eigenvalue weighted by atomic mass is 35.5. The van der Waals surface area contributed by atoms with E-state index < -0.39 is 5.97 Å². The molecular formula is C24H28ClN3O4S. The maximum absolute atomic E-state index is 13.2. The lowest BCUT2D eigenvalue weighted by molar-refractivity contribution is 0.0525. The smallest absolute Gasteiger partial charge is 0.340 e. The summed E-state index contributed by atoms with van der Waals surface area (Å²) in [5, 5.41) is 1.45. The third kappa shape index (κ3) is 5.50. The summed E-state index contributed by atoms with van der Waals surface area (Å²) in [5.74, 6) is -0.176. The van der Waals surface area contributed by atoms with E-state index >= 15 is 0 Å². The molecule has 9 heteroatoms. The molecule has 1 aromatic carbocycles. The molecule has 0 saturated heterocycles. The topological polar surface area (TPSA) is 94.1 Å². The highest BCUT2D eigenvalue weighted by Gasteiger charge is 2.23. The van der Waals surface area contributed by atoms with Gasteiger partial charge in [-0.25, -0.2) is 9.78 Å². The van der Waals surface area contributed by atoms with Gasteiger partial charge < -0.3 is 9.72 Å². The number of carbonyl (C=O) groups excluding carboxylic acids is 2. The van der Waals surface area contributed by atoms with Crippen LogP contribution in [0.1, 0.15) is 59.3 Å². The Morgan fingerprint density at radius 1 is 1.27 bits per heavy atom. The normalized spacial score (nSPS) is 11.4. The molecule has 0 amide bonds. The second-order valence-corrected chi connectivity index (χ2v) is 9.63. The van der Waals surface area contributed by atoms with E-state index in [0.717, 1.165) is 6.42 Å². The number of ketones is 1. The molecule has 0 aliphatic heterocycles. The molecule has 0 radical (unpaired) electrons. The van der Waals surface area contributed by atoms with E-state index in [9.17, 15) is 14.4 Å². The van der Waals surface area contributed by atoms with Gasteiger partial charge in [0.2, 0.25) is 0 Å². The lowest BCUT2D eigenvalue weighted by atomic mass is 10.1. The number of H-pyrrole nitrogens is 1. The van der Waals surface area contributed by atoms with Gasteiger partial charge >= 0.3 is 5.97 Å². The Morgan fingerprint density at radius 3 is 2.67 bits per heavy atom. The predicted molar refractivity (Wildman–Crippen MR) is 132 cm³/mol. The lowest BCUT2D eigenvalue weighted by Gasteiger charge is -2.14. The highest BCUT2D eigenvalue weighted by molar-refractivity contribution is 7.99. The molecule has 2 heterocycles. The van der Waals surface area contributed by atoms with Gasteiger partial charge in [0.25, 0.3) is 5.56 Å². The maximum Gasteiger partial charge on any atom is 0.340 e. The Hall–Kier alpha value is -2.58. The molecule has 3 aromatic rings. The van der Waals surface area contributed by atoms with Gasteiger partial charge in [-0.15, -0.1) is 0 Å². The number of nitrogens with one attached hydrogen (secondary N) is 1. The first-order valence-corrected chi connectivity index (χ1v) is 12.2. The predicted octanol–water partition coefficient (Wildman–Crippen LogP) is 5.19. The fourth-order valence-electron chi connectivity index (χ4n) is 3.61. The molecule has 0 spiro atoms. The van der Waals surface area contributed by atoms with Crippen molar-refractivity contribution in [2.45, 2.75) is 52.7 Å². The molecule has 2 aromatic heterocycles. The van der Waals surface area contributed by atoms with Gasteiger partial charge in [-0.3, -0.25) is 14.2 Å². The Balaban J connectivity index is 1.92. The van der Waals surface area contributed by atoms with Crippen molar-refractivity contribution in [3.05, 3.63) is 56.1 Å². The summed E-state index contributed by atoms with van der Waals surface area (Å²) in [6.07, 6.45) is 0.806. The molecule has 0 aliphatic rings. The fraction of sp³-hybridized carbons (Fsp3) is 0.417. The summed E-state index contributed by atoms with van der Waals surface area (Å²) < 4.78 is 6.73. The van der Waals surface area contributed by atoms with Crippen LogP contribution in [0.5, 0.6) is 0 Å². The Morgan fingerprint density at radius 2 is 2.00 bits per heavy atom. The van der Waals surface area contributed by atoms with E-state index in [-0.39, 0.29) is 23.7 Å². The Bertz CT molecular complexity index is 1260. The van der Waals surface area contributed by atoms with Crippen LogP contribution in [0.25, 0.3) is 10.9 Å². The highest BCUT2D eigenvalue weighted by Crippen LogP contribution is 2.24. The number of aromatic amines is 1. The summed E-state index contributed by atoms with van der Waals surface area (Å²) in [7, 11) is 0. The van der Waals surface area contributed by atoms with Crippen LogP contribution in [-0.4, -0.2) is 38.6 Å². The second-order valence-electron chi connectivity index (χ2n) is 8.25. The van der Waals surface area contributed by atoms with Crippen LogP contribution in [0, 0.1) is 19.8 Å². The van der Waals surface area contributed by atoms with Gasteiger partial charge in [0.05, 0.1) is 34.5 Å². The van der Waals surface area contributed by atoms with Gasteiger partial charge in [0.15, 0.2) is 10.9 Å². The van der Waals surface area contributed by atoms with E-state index in [1.807, 2.05) is 0 Å². The summed E-state index contributed by atoms with van der Waals surface area (Å²) in [6, 6.07) is 5.01. The zero-order valence-electron chi connectivity index (χ0n) is 19.5. The van der Waals surface area contributed by atoms with Crippen LogP contribution in [-0.2, 0) is 11.3 Å². The van der Waals surface area contributed by atoms with Crippen molar-refractivity contribution in [1.82, 2.24) is 14.5 Å². The third-order valence-corrected chi connectivity index (χ3v) is 6.55. The van der Waals surface area contributed by atoms with Gasteiger partial charge in [-0.1, -0.05) is 37.2 Å². The third-order valence-electron chi connectivity index (χ3n) is 5.34. The monoisotopic (exact) mass is 489 g/mol. The summed E-state index contributed by atoms with van der Waals surface area (Å²) in [4.78, 5) is 46.1. The molecule has 3 rings (SSSR count). The van der Waals surface area contributed by atoms with Crippen LogP contribution in [0.2, 0.25) is 5.02 Å². The van der Waals surface area contributed by atoms with Crippen LogP contribution >= 0.6 is 23.4 Å². The number of benzene rings is 1. The van der Waals surface area contributed by atoms with Crippen molar-refractivity contribution >= 4 is 46.0 Å². The van der Waals surface area contributed by atoms with Crippen molar-refractivity contribution in [3.63, 3.8) is 0 Å². The van der Waals surface area contributed by atoms with Crippen molar-refractivity contribution in [2.24, 2.45) is 5.92 Å². The molecule has 0 unspecified atom stereocenters. The lowest BCUT2D eigenvalue weighted by Crippen LogP contribution is -2.24. The average molecular weight is 490 g/mol. The summed E-state index contributed by atoms with van der Waals surface area (Å²) in [5.41, 5.74) is 2.25. The first-order valence-electron chi connectivity index (χ1n) is 10.9. The molecule has 1 N–H and O–H groups in total. The number of carbonyl (C=O) groups is 2. The average Bonchev–Trinajstić information content (AvgIpc) is 3.05. The number of hydrogen-bond donors (Lipinski definition) is 1. The minimum Gasteiger partial charge on any atom is -0.462 e. The molecule has 0 atom stereocenters. The Kier molecular flexibility index (Phi) is 8.02. The number of fused-ring (bicyclic) bond motifs is 1. The molecule has 0 aliphatic carbocycles. The largest absolute Gasteiger partial charge is 0.462 e. The Labute approximate surface area is 201 Å². The molecule has 0 bridgehead atoms. The van der Waals surface area contributed by atoms with E-state index in [4.69, 9.17) is 16.3 Å². The van der Waals surface area contributed by atoms with Gasteiger partial charge in [-0.2, -0.15) is 0 Å². The van der Waals surface area contributed by atoms with Crippen LogP contribution in [0.3, 0.4) is 0 Å². The van der Waals surface area contributed by atoms with Crippen molar-refractivity contribution in [3.8, 4) is 0 Å². The van der Waals surface area contributed by atoms with Gasteiger partial charge in [0, 0.05) is 17.3 Å². The number of hydrogen-bond acceptors (Lipinski definition) is 6. The maximum atomic E-state index is 13.2. The first-order chi connectivity index (χ1) is 15.6. The molecule has 0 fully saturated rings. The fourth-order valence-corrected chi connectivity index (χ4v) is 4.67. The van der Waals surface area contributed by atoms with Crippen molar-refractivity contribution < 1.29 is 14.3 Å². The minimum atomic E-state index is -0.453. The first kappa shape index (κ1) is 25.1. The number of thioether (sulfide) groups is 1. The molecule has 7 nitrogen and oxygen atoms in total. The van der Waals surface area contributed by atoms with Crippen LogP contribution in [0.15, 0.2) is 28.2 Å². The summed E-state index contributed by atoms with van der Waals surface area (Å²) >= 11 is 7.31. The zero-order valence-corrected chi connectivity index (χ0v) is 21.0. The molecule has 0 saturated carbocycles. The van der Waals surface area contributed by atoms with Crippen LogP contribution in [0.4, 0.5) is 0 Å². The number of ether oxygens (including phenoxy) is 1. The standard InChI is InChI=1S/C24H28ClN3O4S/c1-6-32-23(31)20-14(4)21(26-15(20)5)19(29)12-33-24-27-18-11-16(25)7-8-17(18)22(30)28(24)10-9-13(2)3/h7-8,11,13,26H,6,9-10,12H2,1-5H3. The van der Waals surface area contributed by atoms with Crippen molar-refractivity contribution in [2.75, 3.05) is 12.4 Å². The number of Topliss-reactive ketones (excluding diaryl/α,β-unsaturated/α-hetero) is 1. The minimum absolute atomic E-state index is 0.0588. The van der Waals surface area contributed by atoms with Gasteiger partial charge in [-0.05, 0) is 56.9 Å². The van der Waals surface area contributed by atoms with Crippen molar-refractivity contribution in [1.29, 1.82) is 0 Å². The molecular weight excluding hydrogens is 462 g/mol. The number of aromatic nitrogens is 3. The zero-order chi connectivity index (χ0) is 24.3. The number of esters is 1. The summed E-state index contributed by atoms with van der Waals surface area (Å²) in [6.45, 7) is 10.1. The van der Waals surface area contributed by atoms with E-state index in [1.165, 1.54) is 11.8 Å². The van der Waals surface area contributed by atoms with E-state index in [2.05, 4.69) is 23.8 Å². The number of rotatable bonds is 9. The number of nitrogens with zero attached hydrogens (tertiary/aromatic N) is 2. The number of halogens is 1. The van der Waals surface area contributed by atoms with Crippen LogP contribution < -0.4 is 5.56 Å². The van der Waals surface area contributed by atoms with E-state index in [0.29, 0.717) is 56.1 Å². The SMILES string of the molecule is CCOC(=O)c1c(C)[nH]c(C(=O)CSc2nc3cc(Cl)ccc3c(=O)n2CCC(C)C)c1C.